The molecule has 0 saturated carbocycles. The minimum Gasteiger partial charge on any atom is -0.387 e. The Morgan fingerprint density at radius 3 is 2.64 bits per heavy atom. The lowest BCUT2D eigenvalue weighted by atomic mass is 10.1. The minimum absolute atomic E-state index is 0.115. The predicted molar refractivity (Wildman–Crippen MR) is 93.0 cm³/mol. The van der Waals surface area contributed by atoms with Gasteiger partial charge in [0.2, 0.25) is 5.95 Å². The Morgan fingerprint density at radius 1 is 1.32 bits per heavy atom. The molecule has 0 fully saturated rings. The number of rotatable bonds is 4. The molecule has 1 atom stereocenters. The van der Waals surface area contributed by atoms with Gasteiger partial charge < -0.3 is 10.4 Å². The first-order valence-electron chi connectivity index (χ1n) is 7.91. The van der Waals surface area contributed by atoms with Crippen LogP contribution in [0.4, 0.5) is 10.3 Å². The highest BCUT2D eigenvalue weighted by Gasteiger charge is 2.20. The first-order chi connectivity index (χ1) is 11.8. The molecule has 25 heavy (non-hydrogen) atoms. The Kier molecular flexibility index (Phi) is 4.30. The highest BCUT2D eigenvalue weighted by molar-refractivity contribution is 5.74. The number of fused-ring (bicyclic) bond motifs is 1. The van der Waals surface area contributed by atoms with Crippen molar-refractivity contribution < 1.29 is 9.50 Å². The zero-order valence-corrected chi connectivity index (χ0v) is 14.2. The van der Waals surface area contributed by atoms with E-state index in [0.717, 1.165) is 0 Å². The molecule has 8 heteroatoms. The quantitative estimate of drug-likeness (QED) is 0.673. The van der Waals surface area contributed by atoms with Gasteiger partial charge in [-0.1, -0.05) is 12.1 Å². The number of hydrogen-bond acceptors (Lipinski definition) is 5. The first kappa shape index (κ1) is 17.1. The Labute approximate surface area is 143 Å². The summed E-state index contributed by atoms with van der Waals surface area (Å²) < 4.78 is 14.6. The van der Waals surface area contributed by atoms with Crippen molar-refractivity contribution in [1.82, 2.24) is 19.7 Å². The predicted octanol–water partition coefficient (Wildman–Crippen LogP) is 2.16. The van der Waals surface area contributed by atoms with Gasteiger partial charge >= 0.3 is 0 Å². The van der Waals surface area contributed by atoms with Gasteiger partial charge in [0.05, 0.1) is 17.8 Å². The molecule has 3 aromatic rings. The fourth-order valence-corrected chi connectivity index (χ4v) is 2.49. The number of aliphatic hydroxyl groups is 1. The number of halogens is 1. The Hall–Kier alpha value is -2.74. The van der Waals surface area contributed by atoms with Crippen molar-refractivity contribution in [2.45, 2.75) is 32.4 Å². The third-order valence-corrected chi connectivity index (χ3v) is 3.79. The smallest absolute Gasteiger partial charge is 0.263 e. The topological polar surface area (TPSA) is 95.8 Å². The number of aromatic amines is 1. The average Bonchev–Trinajstić information content (AvgIpc) is 2.98. The Bertz CT molecular complexity index is 940. The molecule has 3 N–H and O–H groups in total. The van der Waals surface area contributed by atoms with Crippen LogP contribution in [0, 0.1) is 5.82 Å². The van der Waals surface area contributed by atoms with E-state index in [4.69, 9.17) is 0 Å². The van der Waals surface area contributed by atoms with Crippen LogP contribution >= 0.6 is 0 Å². The van der Waals surface area contributed by atoms with Gasteiger partial charge in [0.25, 0.3) is 5.56 Å². The number of nitrogens with zero attached hydrogens (tertiary/aromatic N) is 3. The largest absolute Gasteiger partial charge is 0.387 e. The van der Waals surface area contributed by atoms with E-state index >= 15 is 0 Å². The second kappa shape index (κ2) is 6.29. The minimum atomic E-state index is -0.867. The summed E-state index contributed by atoms with van der Waals surface area (Å²) in [4.78, 5) is 19.2. The van der Waals surface area contributed by atoms with E-state index < -0.39 is 6.10 Å². The number of H-pyrrole nitrogens is 1. The molecular weight excluding hydrogens is 325 g/mol. The number of aromatic nitrogens is 4. The van der Waals surface area contributed by atoms with E-state index in [1.807, 2.05) is 20.8 Å². The summed E-state index contributed by atoms with van der Waals surface area (Å²) in [5, 5.41) is 17.7. The van der Waals surface area contributed by atoms with E-state index in [2.05, 4.69) is 20.4 Å². The zero-order valence-electron chi connectivity index (χ0n) is 14.2. The normalized spacial score (nSPS) is 13.2. The van der Waals surface area contributed by atoms with Gasteiger partial charge in [0, 0.05) is 6.54 Å². The summed E-state index contributed by atoms with van der Waals surface area (Å²) in [6.45, 7) is 6.01. The monoisotopic (exact) mass is 345 g/mol. The fourth-order valence-electron chi connectivity index (χ4n) is 2.49. The van der Waals surface area contributed by atoms with Gasteiger partial charge in [0.15, 0.2) is 5.65 Å². The van der Waals surface area contributed by atoms with Crippen LogP contribution in [0.15, 0.2) is 35.3 Å². The molecule has 0 amide bonds. The summed E-state index contributed by atoms with van der Waals surface area (Å²) in [6, 6.07) is 5.59. The average molecular weight is 345 g/mol. The highest BCUT2D eigenvalue weighted by atomic mass is 19.1. The van der Waals surface area contributed by atoms with Gasteiger partial charge in [-0.15, -0.1) is 0 Å². The maximum atomic E-state index is 12.9. The first-order valence-corrected chi connectivity index (χ1v) is 7.91. The second-order valence-corrected chi connectivity index (χ2v) is 6.83. The second-order valence-electron chi connectivity index (χ2n) is 6.83. The van der Waals surface area contributed by atoms with Crippen LogP contribution in [0.2, 0.25) is 0 Å². The molecule has 2 heterocycles. The van der Waals surface area contributed by atoms with Gasteiger partial charge in [-0.25, -0.2) is 9.07 Å². The molecule has 0 spiro atoms. The summed E-state index contributed by atoms with van der Waals surface area (Å²) in [7, 11) is 0. The number of nitrogens with one attached hydrogen (secondary N) is 2. The molecule has 0 radical (unpaired) electrons. The summed E-state index contributed by atoms with van der Waals surface area (Å²) in [6.07, 6.45) is 0.623. The summed E-state index contributed by atoms with van der Waals surface area (Å²) >= 11 is 0. The zero-order chi connectivity index (χ0) is 18.2. The molecule has 1 aromatic carbocycles. The summed E-state index contributed by atoms with van der Waals surface area (Å²) in [5.41, 5.74) is 0.402. The maximum Gasteiger partial charge on any atom is 0.263 e. The third kappa shape index (κ3) is 3.53. The number of aliphatic hydroxyl groups excluding tert-OH is 1. The number of benzene rings is 1. The Balaban J connectivity index is 1.84. The molecule has 132 valence electrons. The lowest BCUT2D eigenvalue weighted by molar-refractivity contribution is 0.191. The number of anilines is 1. The van der Waals surface area contributed by atoms with E-state index in [1.165, 1.54) is 30.5 Å². The molecule has 2 aromatic heterocycles. The fraction of sp³-hybridized carbons (Fsp3) is 0.353. The molecule has 7 nitrogen and oxygen atoms in total. The van der Waals surface area contributed by atoms with Crippen LogP contribution in [-0.2, 0) is 5.54 Å². The molecule has 0 saturated heterocycles. The van der Waals surface area contributed by atoms with Gasteiger partial charge in [0.1, 0.15) is 11.2 Å². The van der Waals surface area contributed by atoms with E-state index in [9.17, 15) is 14.3 Å². The van der Waals surface area contributed by atoms with Crippen molar-refractivity contribution in [3.05, 3.63) is 52.2 Å². The van der Waals surface area contributed by atoms with Crippen LogP contribution in [0.1, 0.15) is 32.4 Å². The molecular formula is C17H20FN5O2. The van der Waals surface area contributed by atoms with Gasteiger partial charge in [-0.05, 0) is 38.5 Å². The number of hydrogen-bond donors (Lipinski definition) is 3. The molecule has 0 aliphatic carbocycles. The van der Waals surface area contributed by atoms with Gasteiger partial charge in [-0.3, -0.25) is 9.78 Å². The third-order valence-electron chi connectivity index (χ3n) is 3.79. The lowest BCUT2D eigenvalue weighted by Gasteiger charge is -2.20. The van der Waals surface area contributed by atoms with Crippen molar-refractivity contribution in [3.8, 4) is 0 Å². The van der Waals surface area contributed by atoms with Crippen LogP contribution in [0.25, 0.3) is 11.0 Å². The standard InChI is InChI=1S/C17H20FN5O2/c1-17(2,3)23-14-12(8-20-23)15(25)22-16(21-14)19-9-13(24)10-4-6-11(18)7-5-10/h4-8,13,24H,9H2,1-3H3,(H2,19,21,22,25)/t13-/m1/s1. The summed E-state index contributed by atoms with van der Waals surface area (Å²) in [5.74, 6) is -0.125. The van der Waals surface area contributed by atoms with Crippen molar-refractivity contribution >= 4 is 17.0 Å². The van der Waals surface area contributed by atoms with Crippen molar-refractivity contribution in [2.75, 3.05) is 11.9 Å². The van der Waals surface area contributed by atoms with E-state index in [0.29, 0.717) is 16.6 Å². The molecule has 0 aliphatic rings. The van der Waals surface area contributed by atoms with Crippen LogP contribution in [0.3, 0.4) is 0 Å². The van der Waals surface area contributed by atoms with Gasteiger partial charge in [-0.2, -0.15) is 10.1 Å². The maximum absolute atomic E-state index is 12.9. The van der Waals surface area contributed by atoms with E-state index in [1.54, 1.807) is 4.68 Å². The van der Waals surface area contributed by atoms with Crippen LogP contribution < -0.4 is 10.9 Å². The van der Waals surface area contributed by atoms with Crippen molar-refractivity contribution in [3.63, 3.8) is 0 Å². The molecule has 0 bridgehead atoms. The molecule has 3 rings (SSSR count). The van der Waals surface area contributed by atoms with E-state index in [-0.39, 0.29) is 29.4 Å². The van der Waals surface area contributed by atoms with Crippen LogP contribution in [0.5, 0.6) is 0 Å². The van der Waals surface area contributed by atoms with Crippen LogP contribution in [-0.4, -0.2) is 31.4 Å². The Morgan fingerprint density at radius 2 is 2.00 bits per heavy atom. The molecule has 0 unspecified atom stereocenters. The van der Waals surface area contributed by atoms with Crippen molar-refractivity contribution in [1.29, 1.82) is 0 Å². The molecule has 0 aliphatic heterocycles. The lowest BCUT2D eigenvalue weighted by Crippen LogP contribution is -2.24. The van der Waals surface area contributed by atoms with Crippen molar-refractivity contribution in [2.24, 2.45) is 0 Å². The SMILES string of the molecule is CC(C)(C)n1ncc2c(=O)[nH]c(NC[C@@H](O)c3ccc(F)cc3)nc21. The highest BCUT2D eigenvalue weighted by Crippen LogP contribution is 2.19.